The summed E-state index contributed by atoms with van der Waals surface area (Å²) in [7, 11) is 1.42. The molecule has 0 radical (unpaired) electrons. The molecule has 0 amide bonds. The van der Waals surface area contributed by atoms with Gasteiger partial charge in [0.1, 0.15) is 5.49 Å². The van der Waals surface area contributed by atoms with Gasteiger partial charge in [0, 0.05) is 28.9 Å². The van der Waals surface area contributed by atoms with Crippen molar-refractivity contribution in [3.05, 3.63) is 87.0 Å². The number of halogens is 1. The van der Waals surface area contributed by atoms with Crippen molar-refractivity contribution in [1.29, 1.82) is 0 Å². The zero-order valence-corrected chi connectivity index (χ0v) is 17.9. The lowest BCUT2D eigenvalue weighted by Crippen LogP contribution is -2.28. The van der Waals surface area contributed by atoms with Gasteiger partial charge in [-0.25, -0.2) is 0 Å². The van der Waals surface area contributed by atoms with Crippen molar-refractivity contribution in [3.63, 3.8) is 0 Å². The van der Waals surface area contributed by atoms with Crippen LogP contribution in [-0.2, 0) is 0 Å². The van der Waals surface area contributed by atoms with Crippen molar-refractivity contribution in [2.75, 3.05) is 7.11 Å². The van der Waals surface area contributed by atoms with Gasteiger partial charge in [0.2, 0.25) is 5.75 Å². The molecule has 0 aliphatic carbocycles. The summed E-state index contributed by atoms with van der Waals surface area (Å²) in [4.78, 5) is 28.3. The van der Waals surface area contributed by atoms with E-state index in [-0.39, 0.29) is 39.9 Å². The molecular formula is C22H20ClN3O5. The maximum absolute atomic E-state index is 13.1. The summed E-state index contributed by atoms with van der Waals surface area (Å²) in [5.74, 6) is 0.160. The van der Waals surface area contributed by atoms with Crippen LogP contribution in [0.3, 0.4) is 0 Å². The van der Waals surface area contributed by atoms with Crippen LogP contribution in [0.15, 0.2) is 65.8 Å². The zero-order chi connectivity index (χ0) is 22.5. The Kier molecular flexibility index (Phi) is 6.71. The summed E-state index contributed by atoms with van der Waals surface area (Å²) in [5.41, 5.74) is 0.583. The second-order valence-corrected chi connectivity index (χ2v) is 7.23. The van der Waals surface area contributed by atoms with Crippen LogP contribution in [0.5, 0.6) is 17.2 Å². The summed E-state index contributed by atoms with van der Waals surface area (Å²) < 4.78 is 12.5. The normalized spacial score (nSPS) is 11.5. The summed E-state index contributed by atoms with van der Waals surface area (Å²) in [6.45, 7) is 3.85. The van der Waals surface area contributed by atoms with Gasteiger partial charge in [0.15, 0.2) is 11.5 Å². The molecule has 3 rings (SSSR count). The number of hydrogen-bond donors (Lipinski definition) is 0. The molecule has 0 bridgehead atoms. The third-order valence-corrected chi connectivity index (χ3v) is 4.43. The highest BCUT2D eigenvalue weighted by Crippen LogP contribution is 2.37. The molecule has 0 aliphatic heterocycles. The molecule has 1 heterocycles. The smallest absolute Gasteiger partial charge is 0.313 e. The molecule has 0 unspecified atom stereocenters. The minimum atomic E-state index is -0.586. The first-order chi connectivity index (χ1) is 14.8. The molecule has 0 saturated carbocycles. The van der Waals surface area contributed by atoms with E-state index in [1.807, 2.05) is 19.9 Å². The predicted octanol–water partition coefficient (Wildman–Crippen LogP) is 4.85. The first-order valence-corrected chi connectivity index (χ1v) is 9.74. The lowest BCUT2D eigenvalue weighted by Gasteiger charge is -2.13. The second-order valence-electron chi connectivity index (χ2n) is 6.79. The Morgan fingerprint density at radius 3 is 2.52 bits per heavy atom. The van der Waals surface area contributed by atoms with Crippen molar-refractivity contribution in [2.24, 2.45) is 4.99 Å². The van der Waals surface area contributed by atoms with Crippen molar-refractivity contribution in [3.8, 4) is 17.2 Å². The molecule has 0 saturated heterocycles. The van der Waals surface area contributed by atoms with Gasteiger partial charge in [-0.15, -0.1) is 0 Å². The molecule has 0 aliphatic rings. The van der Waals surface area contributed by atoms with Gasteiger partial charge in [-0.2, -0.15) is 0 Å². The Hall–Kier alpha value is -3.65. The number of rotatable bonds is 6. The number of carbonyl (C=O) groups is 1. The number of aromatic nitrogens is 1. The number of methoxy groups -OCH3 is 1. The van der Waals surface area contributed by atoms with Crippen LogP contribution in [0.25, 0.3) is 0 Å². The lowest BCUT2D eigenvalue weighted by molar-refractivity contribution is -0.385. The molecule has 9 heteroatoms. The molecular weight excluding hydrogens is 422 g/mol. The molecule has 1 aromatic heterocycles. The van der Waals surface area contributed by atoms with E-state index in [0.29, 0.717) is 11.1 Å². The summed E-state index contributed by atoms with van der Waals surface area (Å²) in [6, 6.07) is 14.0. The Morgan fingerprint density at radius 1 is 1.10 bits per heavy atom. The molecule has 3 aromatic rings. The maximum atomic E-state index is 13.1. The number of carbonyl (C=O) groups excluding carboxylic acids is 1. The quantitative estimate of drug-likeness (QED) is 0.402. The van der Waals surface area contributed by atoms with Gasteiger partial charge in [-0.05, 0) is 56.3 Å². The molecule has 160 valence electrons. The lowest BCUT2D eigenvalue weighted by atomic mass is 10.2. The van der Waals surface area contributed by atoms with Crippen molar-refractivity contribution in [1.82, 2.24) is 4.57 Å². The number of benzene rings is 2. The van der Waals surface area contributed by atoms with E-state index in [2.05, 4.69) is 4.99 Å². The van der Waals surface area contributed by atoms with E-state index in [0.717, 1.165) is 0 Å². The van der Waals surface area contributed by atoms with Gasteiger partial charge < -0.3 is 9.47 Å². The molecule has 0 fully saturated rings. The highest BCUT2D eigenvalue weighted by atomic mass is 35.5. The van der Waals surface area contributed by atoms with Crippen LogP contribution in [0.4, 0.5) is 5.69 Å². The van der Waals surface area contributed by atoms with Gasteiger partial charge in [-0.3, -0.25) is 24.5 Å². The fraction of sp³-hybridized carbons (Fsp3) is 0.182. The first-order valence-electron chi connectivity index (χ1n) is 9.36. The highest BCUT2D eigenvalue weighted by molar-refractivity contribution is 6.30. The van der Waals surface area contributed by atoms with Crippen LogP contribution < -0.4 is 15.0 Å². The number of nitro benzene ring substituents is 1. The molecule has 31 heavy (non-hydrogen) atoms. The van der Waals surface area contributed by atoms with Crippen molar-refractivity contribution >= 4 is 23.2 Å². The summed E-state index contributed by atoms with van der Waals surface area (Å²) in [6.07, 6.45) is 1.64. The Bertz CT molecular complexity index is 1200. The summed E-state index contributed by atoms with van der Waals surface area (Å²) >= 11 is 5.85. The SMILES string of the molecule is COc1cc(C(=O)n2ccccc2=NC(C)C)ccc1Oc1ccc(Cl)cc1[N+](=O)[O-]. The number of nitrogens with zero attached hydrogens (tertiary/aromatic N) is 3. The minimum Gasteiger partial charge on any atom is -0.493 e. The van der Waals surface area contributed by atoms with E-state index in [9.17, 15) is 14.9 Å². The molecule has 2 aromatic carbocycles. The Morgan fingerprint density at radius 2 is 1.84 bits per heavy atom. The van der Waals surface area contributed by atoms with Crippen LogP contribution in [0, 0.1) is 10.1 Å². The van der Waals surface area contributed by atoms with E-state index >= 15 is 0 Å². The van der Waals surface area contributed by atoms with Gasteiger partial charge >= 0.3 is 5.69 Å². The van der Waals surface area contributed by atoms with E-state index in [1.54, 1.807) is 24.4 Å². The minimum absolute atomic E-state index is 0.00207. The fourth-order valence-corrected chi connectivity index (χ4v) is 3.00. The van der Waals surface area contributed by atoms with E-state index in [1.165, 1.54) is 42.0 Å². The number of ether oxygens (including phenoxy) is 2. The third kappa shape index (κ3) is 5.10. The standard InChI is InChI=1S/C22H20ClN3O5/c1-14(2)24-21-6-4-5-11-25(21)22(27)15-7-9-19(20(12-15)30-3)31-18-10-8-16(23)13-17(18)26(28)29/h4-14H,1-3H3. The molecule has 8 nitrogen and oxygen atoms in total. The largest absolute Gasteiger partial charge is 0.493 e. The van der Waals surface area contributed by atoms with Crippen LogP contribution in [-0.4, -0.2) is 28.5 Å². The fourth-order valence-electron chi connectivity index (χ4n) is 2.84. The second kappa shape index (κ2) is 9.44. The molecule has 0 spiro atoms. The number of hydrogen-bond acceptors (Lipinski definition) is 6. The average molecular weight is 442 g/mol. The maximum Gasteiger partial charge on any atom is 0.313 e. The third-order valence-electron chi connectivity index (χ3n) is 4.20. The highest BCUT2D eigenvalue weighted by Gasteiger charge is 2.19. The van der Waals surface area contributed by atoms with Crippen molar-refractivity contribution in [2.45, 2.75) is 19.9 Å². The monoisotopic (exact) mass is 441 g/mol. The predicted molar refractivity (Wildman–Crippen MR) is 116 cm³/mol. The Labute approximate surface area is 183 Å². The Balaban J connectivity index is 1.99. The molecule has 0 atom stereocenters. The van der Waals surface area contributed by atoms with Gasteiger partial charge in [0.25, 0.3) is 5.91 Å². The van der Waals surface area contributed by atoms with Crippen LogP contribution in [0.1, 0.15) is 24.2 Å². The zero-order valence-electron chi connectivity index (χ0n) is 17.1. The van der Waals surface area contributed by atoms with Gasteiger partial charge in [-0.1, -0.05) is 17.7 Å². The molecule has 0 N–H and O–H groups in total. The van der Waals surface area contributed by atoms with Crippen LogP contribution in [0.2, 0.25) is 5.02 Å². The summed E-state index contributed by atoms with van der Waals surface area (Å²) in [5, 5.41) is 11.5. The average Bonchev–Trinajstić information content (AvgIpc) is 2.74. The van der Waals surface area contributed by atoms with E-state index < -0.39 is 4.92 Å². The van der Waals surface area contributed by atoms with Gasteiger partial charge in [0.05, 0.1) is 12.0 Å². The number of nitro groups is 1. The topological polar surface area (TPSA) is 96.0 Å². The number of pyridine rings is 1. The van der Waals surface area contributed by atoms with Crippen molar-refractivity contribution < 1.29 is 19.2 Å². The first kappa shape index (κ1) is 22.0. The van der Waals surface area contributed by atoms with Crippen LogP contribution >= 0.6 is 11.6 Å². The van der Waals surface area contributed by atoms with E-state index in [4.69, 9.17) is 21.1 Å².